The molecule has 0 saturated heterocycles. The third-order valence-electron chi connectivity index (χ3n) is 1.66. The summed E-state index contributed by atoms with van der Waals surface area (Å²) in [5.74, 6) is 2.70. The highest BCUT2D eigenvalue weighted by molar-refractivity contribution is 5.41. The minimum absolute atomic E-state index is 0.0299. The van der Waals surface area contributed by atoms with Crippen LogP contribution in [0.25, 0.3) is 10.4 Å². The number of ether oxygens (including phenoxy) is 1. The Hall–Kier alpha value is -2.25. The molecule has 0 unspecified atom stereocenters. The molecule has 0 radical (unpaired) electrons. The van der Waals surface area contributed by atoms with Crippen LogP contribution in [0.15, 0.2) is 17.2 Å². The van der Waals surface area contributed by atoms with Crippen LogP contribution < -0.4 is 4.74 Å². The van der Waals surface area contributed by atoms with Gasteiger partial charge in [0.05, 0.1) is 13.7 Å². The van der Waals surface area contributed by atoms with Crippen molar-refractivity contribution in [3.8, 4) is 17.6 Å². The SMILES string of the molecule is COc1cc(C#CCN=[N+]=[N-])cc(F)c1F. The van der Waals surface area contributed by atoms with Gasteiger partial charge in [-0.05, 0) is 17.7 Å². The van der Waals surface area contributed by atoms with E-state index in [0.29, 0.717) is 0 Å². The van der Waals surface area contributed by atoms with Gasteiger partial charge < -0.3 is 4.74 Å². The second-order valence-corrected chi connectivity index (χ2v) is 2.67. The first-order chi connectivity index (χ1) is 7.69. The largest absolute Gasteiger partial charge is 0.494 e. The van der Waals surface area contributed by atoms with Gasteiger partial charge in [-0.25, -0.2) is 4.39 Å². The van der Waals surface area contributed by atoms with Gasteiger partial charge in [-0.1, -0.05) is 17.0 Å². The summed E-state index contributed by atoms with van der Waals surface area (Å²) in [4.78, 5) is 2.50. The molecule has 0 spiro atoms. The summed E-state index contributed by atoms with van der Waals surface area (Å²) in [5, 5.41) is 3.18. The molecule has 0 aliphatic rings. The molecule has 4 nitrogen and oxygen atoms in total. The van der Waals surface area contributed by atoms with Crippen molar-refractivity contribution in [2.75, 3.05) is 13.7 Å². The van der Waals surface area contributed by atoms with Crippen molar-refractivity contribution in [1.29, 1.82) is 0 Å². The number of hydrogen-bond donors (Lipinski definition) is 0. The molecule has 0 aliphatic heterocycles. The van der Waals surface area contributed by atoms with Crippen LogP contribution in [-0.2, 0) is 0 Å². The van der Waals surface area contributed by atoms with E-state index < -0.39 is 11.6 Å². The summed E-state index contributed by atoms with van der Waals surface area (Å²) >= 11 is 0. The third kappa shape index (κ3) is 2.87. The van der Waals surface area contributed by atoms with E-state index in [-0.39, 0.29) is 17.9 Å². The number of methoxy groups -OCH3 is 1. The molecule has 1 aromatic rings. The Balaban J connectivity index is 3.00. The zero-order valence-electron chi connectivity index (χ0n) is 8.37. The molecular weight excluding hydrogens is 216 g/mol. The smallest absolute Gasteiger partial charge is 0.200 e. The van der Waals surface area contributed by atoms with Gasteiger partial charge in [0.15, 0.2) is 11.6 Å². The van der Waals surface area contributed by atoms with E-state index >= 15 is 0 Å². The van der Waals surface area contributed by atoms with E-state index in [1.165, 1.54) is 13.2 Å². The van der Waals surface area contributed by atoms with Crippen LogP contribution in [0.2, 0.25) is 0 Å². The fourth-order valence-electron chi connectivity index (χ4n) is 0.993. The van der Waals surface area contributed by atoms with Gasteiger partial charge >= 0.3 is 0 Å². The van der Waals surface area contributed by atoms with Crippen LogP contribution in [0.1, 0.15) is 5.56 Å². The monoisotopic (exact) mass is 223 g/mol. The molecule has 0 bridgehead atoms. The Morgan fingerprint density at radius 3 is 2.88 bits per heavy atom. The Kier molecular flexibility index (Phi) is 4.13. The molecule has 0 N–H and O–H groups in total. The predicted octanol–water partition coefficient (Wildman–Crippen LogP) is 2.64. The quantitative estimate of drug-likeness (QED) is 0.329. The number of rotatable bonds is 2. The molecule has 0 fully saturated rings. The molecular formula is C10H7F2N3O. The van der Waals surface area contributed by atoms with Crippen molar-refractivity contribution in [1.82, 2.24) is 0 Å². The summed E-state index contributed by atoms with van der Waals surface area (Å²) < 4.78 is 30.6. The summed E-state index contributed by atoms with van der Waals surface area (Å²) in [5.41, 5.74) is 8.24. The predicted molar refractivity (Wildman–Crippen MR) is 53.8 cm³/mol. The lowest BCUT2D eigenvalue weighted by molar-refractivity contribution is 0.371. The molecule has 6 heteroatoms. The Labute approximate surface area is 90.5 Å². The van der Waals surface area contributed by atoms with Gasteiger partial charge in [0.25, 0.3) is 0 Å². The van der Waals surface area contributed by atoms with E-state index in [1.807, 2.05) is 0 Å². The van der Waals surface area contributed by atoms with Crippen LogP contribution in [-0.4, -0.2) is 13.7 Å². The number of halogens is 2. The number of azide groups is 1. The first-order valence-corrected chi connectivity index (χ1v) is 4.21. The summed E-state index contributed by atoms with van der Waals surface area (Å²) in [6, 6.07) is 2.21. The lowest BCUT2D eigenvalue weighted by atomic mass is 10.2. The van der Waals surface area contributed by atoms with E-state index in [1.54, 1.807) is 0 Å². The lowest BCUT2D eigenvalue weighted by Crippen LogP contribution is -1.93. The molecule has 0 heterocycles. The maximum absolute atomic E-state index is 13.0. The third-order valence-corrected chi connectivity index (χ3v) is 1.66. The van der Waals surface area contributed by atoms with Crippen molar-refractivity contribution >= 4 is 0 Å². The highest BCUT2D eigenvalue weighted by Crippen LogP contribution is 2.21. The molecule has 0 amide bonds. The van der Waals surface area contributed by atoms with E-state index in [4.69, 9.17) is 5.53 Å². The summed E-state index contributed by atoms with van der Waals surface area (Å²) in [6.45, 7) is -0.0299. The van der Waals surface area contributed by atoms with Crippen LogP contribution >= 0.6 is 0 Å². The highest BCUT2D eigenvalue weighted by Gasteiger charge is 2.09. The maximum Gasteiger partial charge on any atom is 0.200 e. The summed E-state index contributed by atoms with van der Waals surface area (Å²) in [6.07, 6.45) is 0. The first-order valence-electron chi connectivity index (χ1n) is 4.21. The van der Waals surface area contributed by atoms with E-state index in [9.17, 15) is 8.78 Å². The zero-order chi connectivity index (χ0) is 12.0. The van der Waals surface area contributed by atoms with Crippen molar-refractivity contribution in [3.63, 3.8) is 0 Å². The molecule has 82 valence electrons. The molecule has 1 aromatic carbocycles. The van der Waals surface area contributed by atoms with Crippen molar-refractivity contribution in [2.45, 2.75) is 0 Å². The molecule has 0 aliphatic carbocycles. The second kappa shape index (κ2) is 5.59. The number of hydrogen-bond acceptors (Lipinski definition) is 2. The molecule has 1 rings (SSSR count). The normalized spacial score (nSPS) is 8.69. The highest BCUT2D eigenvalue weighted by atomic mass is 19.2. The average Bonchev–Trinajstić information content (AvgIpc) is 2.29. The fraction of sp³-hybridized carbons (Fsp3) is 0.200. The summed E-state index contributed by atoms with van der Waals surface area (Å²) in [7, 11) is 1.23. The van der Waals surface area contributed by atoms with Crippen LogP contribution in [0.4, 0.5) is 8.78 Å². The Bertz CT molecular complexity index is 499. The van der Waals surface area contributed by atoms with Gasteiger partial charge in [-0.15, -0.1) is 0 Å². The van der Waals surface area contributed by atoms with Crippen LogP contribution in [0.5, 0.6) is 5.75 Å². The minimum atomic E-state index is -1.05. The van der Waals surface area contributed by atoms with E-state index in [2.05, 4.69) is 26.6 Å². The van der Waals surface area contributed by atoms with Crippen molar-refractivity contribution in [2.24, 2.45) is 5.11 Å². The maximum atomic E-state index is 13.0. The molecule has 0 saturated carbocycles. The van der Waals surface area contributed by atoms with Crippen LogP contribution in [0, 0.1) is 23.5 Å². The molecule has 16 heavy (non-hydrogen) atoms. The molecule has 0 atom stereocenters. The van der Waals surface area contributed by atoms with Gasteiger partial charge in [-0.3, -0.25) is 0 Å². The zero-order valence-corrected chi connectivity index (χ0v) is 8.37. The Morgan fingerprint density at radius 1 is 1.50 bits per heavy atom. The number of benzene rings is 1. The van der Waals surface area contributed by atoms with Gasteiger partial charge in [-0.2, -0.15) is 4.39 Å². The average molecular weight is 223 g/mol. The topological polar surface area (TPSA) is 58.0 Å². The van der Waals surface area contributed by atoms with Crippen molar-refractivity contribution in [3.05, 3.63) is 39.8 Å². The minimum Gasteiger partial charge on any atom is -0.494 e. The standard InChI is InChI=1S/C10H7F2N3O/c1-16-9-6-7(3-2-4-14-15-13)5-8(11)10(9)12/h5-6H,4H2,1H3. The Morgan fingerprint density at radius 2 is 2.25 bits per heavy atom. The van der Waals surface area contributed by atoms with E-state index in [0.717, 1.165) is 6.07 Å². The lowest BCUT2D eigenvalue weighted by Gasteiger charge is -2.02. The van der Waals surface area contributed by atoms with Crippen molar-refractivity contribution < 1.29 is 13.5 Å². The second-order valence-electron chi connectivity index (χ2n) is 2.67. The van der Waals surface area contributed by atoms with Gasteiger partial charge in [0.1, 0.15) is 0 Å². The van der Waals surface area contributed by atoms with Gasteiger partial charge in [0.2, 0.25) is 5.82 Å². The number of nitrogens with zero attached hydrogens (tertiary/aromatic N) is 3. The molecule has 0 aromatic heterocycles. The van der Waals surface area contributed by atoms with Gasteiger partial charge in [0, 0.05) is 10.5 Å². The fourth-order valence-corrected chi connectivity index (χ4v) is 0.993. The van der Waals surface area contributed by atoms with Crippen LogP contribution in [0.3, 0.4) is 0 Å². The first kappa shape index (κ1) is 11.8.